The summed E-state index contributed by atoms with van der Waals surface area (Å²) < 4.78 is 32.3. The molecule has 0 radical (unpaired) electrons. The molecule has 1 N–H and O–H groups in total. The number of cyclic esters (lactones) is 1. The molecule has 2 unspecified atom stereocenters. The van der Waals surface area contributed by atoms with Crippen LogP contribution in [-0.4, -0.2) is 29.3 Å². The van der Waals surface area contributed by atoms with E-state index in [1.807, 2.05) is 6.92 Å². The zero-order valence-corrected chi connectivity index (χ0v) is 15.2. The number of carbonyl (C=O) groups is 1. The van der Waals surface area contributed by atoms with Gasteiger partial charge in [-0.1, -0.05) is 24.3 Å². The molecule has 1 saturated heterocycles. The second-order valence-corrected chi connectivity index (χ2v) is 6.87. The molecule has 1 heterocycles. The van der Waals surface area contributed by atoms with E-state index in [4.69, 9.17) is 4.74 Å². The summed E-state index contributed by atoms with van der Waals surface area (Å²) in [5.74, 6) is -0.684. The highest BCUT2D eigenvalue weighted by Gasteiger charge is 2.43. The monoisotopic (exact) mass is 375 g/mol. The van der Waals surface area contributed by atoms with Gasteiger partial charge in [-0.2, -0.15) is 0 Å². The molecule has 0 aromatic heterocycles. The van der Waals surface area contributed by atoms with Crippen molar-refractivity contribution in [3.8, 4) is 0 Å². The van der Waals surface area contributed by atoms with Crippen LogP contribution in [0.2, 0.25) is 0 Å². The average Bonchev–Trinajstić information content (AvgIpc) is 2.67. The molecule has 1 amide bonds. The summed E-state index contributed by atoms with van der Waals surface area (Å²) in [4.78, 5) is 14.4. The molecule has 0 bridgehead atoms. The van der Waals surface area contributed by atoms with Crippen molar-refractivity contribution in [3.63, 3.8) is 0 Å². The summed E-state index contributed by atoms with van der Waals surface area (Å²) in [7, 11) is 0. The maximum Gasteiger partial charge on any atom is 0.411 e. The molecule has 27 heavy (non-hydrogen) atoms. The van der Waals surface area contributed by atoms with Gasteiger partial charge in [-0.3, -0.25) is 0 Å². The lowest BCUT2D eigenvalue weighted by Gasteiger charge is -2.43. The van der Waals surface area contributed by atoms with Crippen molar-refractivity contribution in [2.75, 3.05) is 13.2 Å². The first-order chi connectivity index (χ1) is 12.9. The number of aliphatic hydroxyl groups excluding tert-OH is 1. The molecular formula is C21H23F2NO3. The van der Waals surface area contributed by atoms with Gasteiger partial charge in [0.05, 0.1) is 6.04 Å². The molecule has 1 fully saturated rings. The van der Waals surface area contributed by atoms with Gasteiger partial charge in [0.15, 0.2) is 0 Å². The number of rotatable bonds is 6. The lowest BCUT2D eigenvalue weighted by molar-refractivity contribution is -0.0680. The van der Waals surface area contributed by atoms with Crippen molar-refractivity contribution in [2.24, 2.45) is 0 Å². The SMILES string of the molecule is CC(c1ccc(F)cc1)N1CCC(CCCO)(c2ccc(F)cc2)OC1=O. The molecule has 2 atom stereocenters. The van der Waals surface area contributed by atoms with Crippen LogP contribution in [0.1, 0.15) is 43.4 Å². The van der Waals surface area contributed by atoms with E-state index in [0.29, 0.717) is 25.8 Å². The van der Waals surface area contributed by atoms with E-state index < -0.39 is 11.7 Å². The van der Waals surface area contributed by atoms with Crippen molar-refractivity contribution in [1.29, 1.82) is 0 Å². The van der Waals surface area contributed by atoms with Crippen LogP contribution < -0.4 is 0 Å². The summed E-state index contributed by atoms with van der Waals surface area (Å²) in [5.41, 5.74) is 0.657. The maximum atomic E-state index is 13.3. The predicted octanol–water partition coefficient (Wildman–Crippen LogP) is 4.54. The van der Waals surface area contributed by atoms with Crippen LogP contribution >= 0.6 is 0 Å². The van der Waals surface area contributed by atoms with Crippen molar-refractivity contribution in [2.45, 2.75) is 37.8 Å². The normalized spacial score (nSPS) is 21.0. The number of aliphatic hydroxyl groups is 1. The summed E-state index contributed by atoms with van der Waals surface area (Å²) in [5, 5.41) is 9.24. The molecule has 0 aliphatic carbocycles. The van der Waals surface area contributed by atoms with Gasteiger partial charge in [-0.15, -0.1) is 0 Å². The first kappa shape index (κ1) is 19.3. The Kier molecular flexibility index (Phi) is 5.75. The zero-order chi connectivity index (χ0) is 19.4. The zero-order valence-electron chi connectivity index (χ0n) is 15.2. The molecule has 144 valence electrons. The molecule has 2 aromatic carbocycles. The number of halogens is 2. The fourth-order valence-electron chi connectivity index (χ4n) is 3.58. The fourth-order valence-corrected chi connectivity index (χ4v) is 3.58. The molecular weight excluding hydrogens is 352 g/mol. The summed E-state index contributed by atoms with van der Waals surface area (Å²) in [6.07, 6.45) is 0.980. The highest BCUT2D eigenvalue weighted by molar-refractivity contribution is 5.70. The second kappa shape index (κ2) is 8.05. The van der Waals surface area contributed by atoms with Gasteiger partial charge in [0.25, 0.3) is 0 Å². The van der Waals surface area contributed by atoms with E-state index in [0.717, 1.165) is 11.1 Å². The molecule has 0 spiro atoms. The first-order valence-electron chi connectivity index (χ1n) is 9.07. The summed E-state index contributed by atoms with van der Waals surface area (Å²) in [6.45, 7) is 2.30. The van der Waals surface area contributed by atoms with Gasteiger partial charge in [0, 0.05) is 19.6 Å². The van der Waals surface area contributed by atoms with Gasteiger partial charge in [0.1, 0.15) is 17.2 Å². The Morgan fingerprint density at radius 1 is 1.11 bits per heavy atom. The molecule has 1 aliphatic heterocycles. The number of amides is 1. The van der Waals surface area contributed by atoms with Crippen molar-refractivity contribution in [3.05, 3.63) is 71.3 Å². The molecule has 6 heteroatoms. The third-order valence-electron chi connectivity index (χ3n) is 5.20. The van der Waals surface area contributed by atoms with E-state index in [2.05, 4.69) is 0 Å². The Balaban J connectivity index is 1.81. The third kappa shape index (κ3) is 4.11. The number of ether oxygens (including phenoxy) is 1. The van der Waals surface area contributed by atoms with Crippen LogP contribution in [0.3, 0.4) is 0 Å². The third-order valence-corrected chi connectivity index (χ3v) is 5.20. The van der Waals surface area contributed by atoms with E-state index in [1.165, 1.54) is 24.3 Å². The van der Waals surface area contributed by atoms with E-state index in [-0.39, 0.29) is 24.3 Å². The number of carbonyl (C=O) groups excluding carboxylic acids is 1. The molecule has 3 rings (SSSR count). The Bertz CT molecular complexity index is 779. The van der Waals surface area contributed by atoms with E-state index in [1.54, 1.807) is 29.2 Å². The highest BCUT2D eigenvalue weighted by atomic mass is 19.1. The number of benzene rings is 2. The predicted molar refractivity (Wildman–Crippen MR) is 97.0 cm³/mol. The molecule has 1 aliphatic rings. The van der Waals surface area contributed by atoms with Crippen LogP contribution in [0.15, 0.2) is 48.5 Å². The minimum absolute atomic E-state index is 0.0177. The van der Waals surface area contributed by atoms with Crippen LogP contribution in [0.25, 0.3) is 0 Å². The van der Waals surface area contributed by atoms with Crippen molar-refractivity contribution >= 4 is 6.09 Å². The standard InChI is InChI=1S/C21H23F2NO3/c1-15(16-3-7-18(22)8-4-16)24-13-12-21(11-2-14-25,27-20(24)26)17-5-9-19(23)10-6-17/h3-10,15,25H,2,11-14H2,1H3. The Hall–Kier alpha value is -2.47. The molecule has 4 nitrogen and oxygen atoms in total. The smallest absolute Gasteiger partial charge is 0.411 e. The van der Waals surface area contributed by atoms with Crippen LogP contribution in [-0.2, 0) is 10.3 Å². The number of hydrogen-bond acceptors (Lipinski definition) is 3. The lowest BCUT2D eigenvalue weighted by Crippen LogP contribution is -2.48. The van der Waals surface area contributed by atoms with Gasteiger partial charge >= 0.3 is 6.09 Å². The maximum absolute atomic E-state index is 13.3. The number of nitrogens with zero attached hydrogens (tertiary/aromatic N) is 1. The lowest BCUT2D eigenvalue weighted by atomic mass is 9.84. The second-order valence-electron chi connectivity index (χ2n) is 6.87. The first-order valence-corrected chi connectivity index (χ1v) is 9.07. The largest absolute Gasteiger partial charge is 0.438 e. The van der Waals surface area contributed by atoms with Crippen LogP contribution in [0.5, 0.6) is 0 Å². The van der Waals surface area contributed by atoms with Gasteiger partial charge in [-0.05, 0) is 55.2 Å². The minimum Gasteiger partial charge on any atom is -0.438 e. The Morgan fingerprint density at radius 2 is 1.70 bits per heavy atom. The van der Waals surface area contributed by atoms with Gasteiger partial charge < -0.3 is 14.7 Å². The van der Waals surface area contributed by atoms with Crippen molar-refractivity contribution < 1.29 is 23.4 Å². The highest BCUT2D eigenvalue weighted by Crippen LogP contribution is 2.40. The Labute approximate surface area is 157 Å². The quantitative estimate of drug-likeness (QED) is 0.807. The van der Waals surface area contributed by atoms with E-state index >= 15 is 0 Å². The minimum atomic E-state index is -0.882. The summed E-state index contributed by atoms with van der Waals surface area (Å²) >= 11 is 0. The molecule has 2 aromatic rings. The van der Waals surface area contributed by atoms with Crippen LogP contribution in [0.4, 0.5) is 13.6 Å². The van der Waals surface area contributed by atoms with Crippen molar-refractivity contribution in [1.82, 2.24) is 4.90 Å². The fraction of sp³-hybridized carbons (Fsp3) is 0.381. The topological polar surface area (TPSA) is 49.8 Å². The van der Waals surface area contributed by atoms with Crippen LogP contribution in [0, 0.1) is 11.6 Å². The average molecular weight is 375 g/mol. The van der Waals surface area contributed by atoms with E-state index in [9.17, 15) is 18.7 Å². The van der Waals surface area contributed by atoms with Gasteiger partial charge in [-0.25, -0.2) is 13.6 Å². The Morgan fingerprint density at radius 3 is 2.26 bits per heavy atom. The number of hydrogen-bond donors (Lipinski definition) is 1. The molecule has 0 saturated carbocycles. The summed E-state index contributed by atoms with van der Waals surface area (Å²) in [6, 6.07) is 11.7. The van der Waals surface area contributed by atoms with Gasteiger partial charge in [0.2, 0.25) is 0 Å².